The van der Waals surface area contributed by atoms with E-state index >= 15 is 0 Å². The van der Waals surface area contributed by atoms with E-state index < -0.39 is 0 Å². The van der Waals surface area contributed by atoms with Crippen LogP contribution in [0.4, 0.5) is 0 Å². The van der Waals surface area contributed by atoms with Crippen molar-refractivity contribution in [3.8, 4) is 0 Å². The zero-order valence-corrected chi connectivity index (χ0v) is 16.7. The Kier molecular flexibility index (Phi) is 14.6. The molecule has 1 N–H and O–H groups in total. The maximum absolute atomic E-state index is 12.5. The van der Waals surface area contributed by atoms with E-state index in [2.05, 4.69) is 24.9 Å². The summed E-state index contributed by atoms with van der Waals surface area (Å²) < 4.78 is 15.9. The summed E-state index contributed by atoms with van der Waals surface area (Å²) in [7, 11) is 1.71. The van der Waals surface area contributed by atoms with Crippen LogP contribution in [0.1, 0.15) is 61.2 Å². The Balaban J connectivity index is 0. The number of ether oxygens (including phenoxy) is 3. The van der Waals surface area contributed by atoms with Gasteiger partial charge in [0.2, 0.25) is 0 Å². The standard InChI is InChI=1S/C21H35NO4.CH4.H2/c1-5-6-13-25-14-15-26-21(23)20(17(2)3)18-9-7-10-19(16-18)22-11-8-12-24-4;;/h16,22H,2,5-15H2,1,3-4H3;1H4;1H/b20-18-;;. The normalized spacial score (nSPS) is 15.4. The molecule has 0 aromatic heterocycles. The number of rotatable bonds is 13. The van der Waals surface area contributed by atoms with Gasteiger partial charge in [-0.15, -0.1) is 0 Å². The minimum Gasteiger partial charge on any atom is -0.460 e. The van der Waals surface area contributed by atoms with Gasteiger partial charge >= 0.3 is 5.97 Å². The molecular formula is C22H41NO4. The molecule has 27 heavy (non-hydrogen) atoms. The minimum absolute atomic E-state index is 0. The molecule has 1 aliphatic rings. The van der Waals surface area contributed by atoms with Gasteiger partial charge in [0, 0.05) is 34.0 Å². The van der Waals surface area contributed by atoms with Crippen LogP contribution < -0.4 is 5.32 Å². The number of hydrogen-bond acceptors (Lipinski definition) is 5. The van der Waals surface area contributed by atoms with E-state index in [4.69, 9.17) is 14.2 Å². The molecule has 0 atom stereocenters. The number of allylic oxidation sites excluding steroid dienone is 3. The summed E-state index contributed by atoms with van der Waals surface area (Å²) in [6.45, 7) is 11.0. The monoisotopic (exact) mass is 383 g/mol. The van der Waals surface area contributed by atoms with Crippen molar-refractivity contribution in [2.45, 2.75) is 59.8 Å². The van der Waals surface area contributed by atoms with Gasteiger partial charge in [-0.2, -0.15) is 0 Å². The Morgan fingerprint density at radius 2 is 2.00 bits per heavy atom. The van der Waals surface area contributed by atoms with Gasteiger partial charge in [0.1, 0.15) is 6.61 Å². The third-order valence-electron chi connectivity index (χ3n) is 4.17. The van der Waals surface area contributed by atoms with Gasteiger partial charge in [0.15, 0.2) is 0 Å². The molecule has 5 heteroatoms. The lowest BCUT2D eigenvalue weighted by molar-refractivity contribution is -0.140. The molecule has 0 aromatic carbocycles. The SMILES string of the molecule is C.C=C(C)/C(C(=O)OCCOCCCC)=C1/C=C(NCCCOC)CCC1.[HH]. The van der Waals surface area contributed by atoms with Gasteiger partial charge in [-0.25, -0.2) is 4.79 Å². The van der Waals surface area contributed by atoms with E-state index in [1.807, 2.05) is 6.92 Å². The van der Waals surface area contributed by atoms with E-state index in [1.165, 1.54) is 0 Å². The van der Waals surface area contributed by atoms with Crippen LogP contribution >= 0.6 is 0 Å². The molecule has 0 heterocycles. The summed E-state index contributed by atoms with van der Waals surface area (Å²) in [5, 5.41) is 3.44. The van der Waals surface area contributed by atoms with Crippen molar-refractivity contribution < 1.29 is 20.4 Å². The Morgan fingerprint density at radius 3 is 2.67 bits per heavy atom. The Bertz CT molecular complexity index is 515. The Hall–Kier alpha value is -1.59. The number of nitrogens with one attached hydrogen (secondary N) is 1. The van der Waals surface area contributed by atoms with E-state index in [0.717, 1.165) is 68.5 Å². The van der Waals surface area contributed by atoms with Crippen LogP contribution in [-0.4, -0.2) is 46.1 Å². The van der Waals surface area contributed by atoms with Crippen LogP contribution in [0.5, 0.6) is 0 Å². The molecule has 0 spiro atoms. The lowest BCUT2D eigenvalue weighted by atomic mass is 9.92. The molecule has 158 valence electrons. The lowest BCUT2D eigenvalue weighted by Gasteiger charge is -2.20. The molecule has 1 rings (SSSR count). The molecule has 5 nitrogen and oxygen atoms in total. The molecule has 0 fully saturated rings. The van der Waals surface area contributed by atoms with Crippen molar-refractivity contribution in [1.82, 2.24) is 5.32 Å². The molecule has 1 aliphatic carbocycles. The van der Waals surface area contributed by atoms with Crippen molar-refractivity contribution in [3.05, 3.63) is 35.1 Å². The molecule has 0 aliphatic heterocycles. The number of carbonyl (C=O) groups is 1. The maximum atomic E-state index is 12.5. The fourth-order valence-electron chi connectivity index (χ4n) is 2.82. The van der Waals surface area contributed by atoms with E-state index in [9.17, 15) is 4.79 Å². The van der Waals surface area contributed by atoms with E-state index in [-0.39, 0.29) is 21.4 Å². The summed E-state index contributed by atoms with van der Waals surface area (Å²) in [4.78, 5) is 12.5. The number of methoxy groups -OCH3 is 1. The molecule has 0 saturated heterocycles. The van der Waals surface area contributed by atoms with E-state index in [0.29, 0.717) is 18.8 Å². The maximum Gasteiger partial charge on any atom is 0.338 e. The van der Waals surface area contributed by atoms with Crippen LogP contribution in [0, 0.1) is 0 Å². The summed E-state index contributed by atoms with van der Waals surface area (Å²) in [6.07, 6.45) is 8.05. The zero-order chi connectivity index (χ0) is 19.2. The van der Waals surface area contributed by atoms with Crippen molar-refractivity contribution in [3.63, 3.8) is 0 Å². The van der Waals surface area contributed by atoms with Crippen molar-refractivity contribution in [1.29, 1.82) is 0 Å². The summed E-state index contributed by atoms with van der Waals surface area (Å²) in [6, 6.07) is 0. The van der Waals surface area contributed by atoms with Crippen molar-refractivity contribution in [2.24, 2.45) is 0 Å². The highest BCUT2D eigenvalue weighted by Crippen LogP contribution is 2.27. The first-order chi connectivity index (χ1) is 12.6. The fraction of sp³-hybridized carbons (Fsp3) is 0.682. The average molecular weight is 384 g/mol. The molecule has 0 radical (unpaired) electrons. The molecule has 0 bridgehead atoms. The van der Waals surface area contributed by atoms with Crippen LogP contribution in [0.25, 0.3) is 0 Å². The second-order valence-electron chi connectivity index (χ2n) is 6.58. The highest BCUT2D eigenvalue weighted by atomic mass is 16.6. The predicted octanol–water partition coefficient (Wildman–Crippen LogP) is 4.80. The first-order valence-electron chi connectivity index (χ1n) is 9.67. The largest absolute Gasteiger partial charge is 0.460 e. The smallest absolute Gasteiger partial charge is 0.338 e. The summed E-state index contributed by atoms with van der Waals surface area (Å²) in [5.74, 6) is -0.302. The van der Waals surface area contributed by atoms with Crippen LogP contribution in [0.3, 0.4) is 0 Å². The van der Waals surface area contributed by atoms with Crippen molar-refractivity contribution in [2.75, 3.05) is 40.1 Å². The van der Waals surface area contributed by atoms with Crippen LogP contribution in [0.2, 0.25) is 0 Å². The topological polar surface area (TPSA) is 56.8 Å². The van der Waals surface area contributed by atoms with Gasteiger partial charge in [-0.3, -0.25) is 0 Å². The van der Waals surface area contributed by atoms with Gasteiger partial charge in [-0.1, -0.05) is 27.4 Å². The molecule has 0 amide bonds. The highest BCUT2D eigenvalue weighted by Gasteiger charge is 2.19. The van der Waals surface area contributed by atoms with E-state index in [1.54, 1.807) is 7.11 Å². The fourth-order valence-corrected chi connectivity index (χ4v) is 2.82. The lowest BCUT2D eigenvalue weighted by Crippen LogP contribution is -2.20. The third-order valence-corrected chi connectivity index (χ3v) is 4.17. The van der Waals surface area contributed by atoms with Gasteiger partial charge in [0.25, 0.3) is 0 Å². The first-order valence-corrected chi connectivity index (χ1v) is 9.67. The highest BCUT2D eigenvalue weighted by molar-refractivity contribution is 5.94. The van der Waals surface area contributed by atoms with Crippen LogP contribution in [-0.2, 0) is 19.0 Å². The number of unbranched alkanes of at least 4 members (excludes halogenated alkanes) is 1. The second kappa shape index (κ2) is 15.5. The molecule has 0 unspecified atom stereocenters. The zero-order valence-electron chi connectivity index (χ0n) is 16.7. The summed E-state index contributed by atoms with van der Waals surface area (Å²) >= 11 is 0. The quantitative estimate of drug-likeness (QED) is 0.281. The second-order valence-corrected chi connectivity index (χ2v) is 6.58. The molecular weight excluding hydrogens is 342 g/mol. The summed E-state index contributed by atoms with van der Waals surface area (Å²) in [5.41, 5.74) is 3.52. The van der Waals surface area contributed by atoms with Gasteiger partial charge in [0.05, 0.1) is 12.2 Å². The number of carbonyl (C=O) groups excluding carboxylic acids is 1. The molecule has 0 saturated carbocycles. The van der Waals surface area contributed by atoms with Crippen molar-refractivity contribution >= 4 is 5.97 Å². The number of hydrogen-bond donors (Lipinski definition) is 1. The number of esters is 1. The Morgan fingerprint density at radius 1 is 1.22 bits per heavy atom. The minimum atomic E-state index is -0.302. The van der Waals surface area contributed by atoms with Crippen LogP contribution in [0.15, 0.2) is 35.1 Å². The Labute approximate surface area is 167 Å². The average Bonchev–Trinajstić information content (AvgIpc) is 2.62. The van der Waals surface area contributed by atoms with Gasteiger partial charge < -0.3 is 19.5 Å². The molecule has 0 aromatic rings. The third kappa shape index (κ3) is 10.4. The predicted molar refractivity (Wildman–Crippen MR) is 114 cm³/mol. The van der Waals surface area contributed by atoms with Gasteiger partial charge in [-0.05, 0) is 56.3 Å². The first kappa shape index (κ1) is 25.4.